The Bertz CT molecular complexity index is 63.9. The molecule has 61 valence electrons. The van der Waals surface area contributed by atoms with Gasteiger partial charge >= 0.3 is 0 Å². The van der Waals surface area contributed by atoms with Crippen molar-refractivity contribution in [3.63, 3.8) is 0 Å². The molecule has 10 heavy (non-hydrogen) atoms. The van der Waals surface area contributed by atoms with Gasteiger partial charge in [0.15, 0.2) is 0 Å². The molecule has 1 atom stereocenters. The maximum atomic E-state index is 8.63. The van der Waals surface area contributed by atoms with Crippen molar-refractivity contribution in [2.75, 3.05) is 26.4 Å². The summed E-state index contributed by atoms with van der Waals surface area (Å²) in [5.41, 5.74) is 0. The lowest BCUT2D eigenvalue weighted by atomic mass is 10.4. The van der Waals surface area contributed by atoms with Crippen LogP contribution >= 0.6 is 0 Å². The van der Waals surface area contributed by atoms with Crippen molar-refractivity contribution in [1.29, 1.82) is 0 Å². The summed E-state index contributed by atoms with van der Waals surface area (Å²) < 4.78 is 9.95. The minimum atomic E-state index is -0.623. The van der Waals surface area contributed by atoms with Gasteiger partial charge in [0.1, 0.15) is 0 Å². The van der Waals surface area contributed by atoms with Gasteiger partial charge in [0.05, 0.1) is 25.9 Å². The lowest BCUT2D eigenvalue weighted by molar-refractivity contribution is 0.0192. The molecular weight excluding hydrogens is 132 g/mol. The van der Waals surface area contributed by atoms with Gasteiger partial charge in [-0.05, 0) is 13.8 Å². The summed E-state index contributed by atoms with van der Waals surface area (Å²) in [5.74, 6) is 0. The molecular formula is C7H15O3. The monoisotopic (exact) mass is 147 g/mol. The molecule has 0 aromatic carbocycles. The Balaban J connectivity index is 2.77. The second-order valence-corrected chi connectivity index (χ2v) is 1.93. The van der Waals surface area contributed by atoms with Gasteiger partial charge in [0, 0.05) is 6.61 Å². The molecule has 0 aliphatic carbocycles. The van der Waals surface area contributed by atoms with Crippen LogP contribution in [0.15, 0.2) is 0 Å². The highest BCUT2D eigenvalue weighted by Gasteiger charge is 1.93. The molecule has 0 fully saturated rings. The lowest BCUT2D eigenvalue weighted by Crippen LogP contribution is -2.13. The molecule has 0 heterocycles. The second-order valence-electron chi connectivity index (χ2n) is 1.93. The van der Waals surface area contributed by atoms with Crippen LogP contribution in [-0.2, 0) is 9.47 Å². The molecule has 0 spiro atoms. The molecule has 1 unspecified atom stereocenters. The van der Waals surface area contributed by atoms with Crippen molar-refractivity contribution < 1.29 is 14.6 Å². The second kappa shape index (κ2) is 6.99. The summed E-state index contributed by atoms with van der Waals surface area (Å²) in [7, 11) is 0. The first-order chi connectivity index (χ1) is 4.77. The topological polar surface area (TPSA) is 38.7 Å². The van der Waals surface area contributed by atoms with Crippen LogP contribution in [-0.4, -0.2) is 37.6 Å². The van der Waals surface area contributed by atoms with Crippen LogP contribution in [0, 0.1) is 6.92 Å². The number of hydrogen-bond acceptors (Lipinski definition) is 3. The summed E-state index contributed by atoms with van der Waals surface area (Å²) in [6.45, 7) is 7.38. The molecule has 0 rings (SSSR count). The summed E-state index contributed by atoms with van der Waals surface area (Å²) in [6.07, 6.45) is -0.623. The minimum absolute atomic E-state index is 0.285. The summed E-state index contributed by atoms with van der Waals surface area (Å²) in [5, 5.41) is 8.63. The van der Waals surface area contributed by atoms with Crippen LogP contribution in [0.2, 0.25) is 0 Å². The highest BCUT2D eigenvalue weighted by atomic mass is 16.5. The van der Waals surface area contributed by atoms with Gasteiger partial charge in [0.2, 0.25) is 0 Å². The molecule has 1 N–H and O–H groups in total. The van der Waals surface area contributed by atoms with E-state index in [0.29, 0.717) is 19.8 Å². The van der Waals surface area contributed by atoms with Crippen molar-refractivity contribution >= 4 is 0 Å². The van der Waals surface area contributed by atoms with Gasteiger partial charge in [-0.3, -0.25) is 0 Å². The highest BCUT2D eigenvalue weighted by Crippen LogP contribution is 1.82. The van der Waals surface area contributed by atoms with Gasteiger partial charge in [-0.15, -0.1) is 0 Å². The van der Waals surface area contributed by atoms with Crippen LogP contribution in [0.5, 0.6) is 0 Å². The van der Waals surface area contributed by atoms with E-state index in [1.807, 2.05) is 6.92 Å². The molecule has 0 aliphatic rings. The van der Waals surface area contributed by atoms with Gasteiger partial charge < -0.3 is 14.6 Å². The molecule has 0 bridgehead atoms. The smallest absolute Gasteiger partial charge is 0.0774 e. The fourth-order valence-corrected chi connectivity index (χ4v) is 0.482. The van der Waals surface area contributed by atoms with E-state index in [1.165, 1.54) is 0 Å². The summed E-state index contributed by atoms with van der Waals surface area (Å²) >= 11 is 0. The molecule has 0 saturated heterocycles. The van der Waals surface area contributed by atoms with Gasteiger partial charge in [0.25, 0.3) is 0 Å². The van der Waals surface area contributed by atoms with Gasteiger partial charge in [-0.1, -0.05) is 0 Å². The Morgan fingerprint density at radius 1 is 1.40 bits per heavy atom. The molecule has 0 saturated carbocycles. The molecule has 3 heteroatoms. The molecule has 0 aliphatic heterocycles. The first-order valence-corrected chi connectivity index (χ1v) is 3.44. The molecule has 0 amide bonds. The standard InChI is InChI=1S/C7H15O3/c1-3-9-4-5-10-6-7(2)8/h7-8H,2-6H2,1H3. The van der Waals surface area contributed by atoms with Crippen LogP contribution in [0.4, 0.5) is 0 Å². The van der Waals surface area contributed by atoms with E-state index in [1.54, 1.807) is 0 Å². The van der Waals surface area contributed by atoms with E-state index in [9.17, 15) is 0 Å². The number of hydrogen-bond donors (Lipinski definition) is 1. The Hall–Kier alpha value is -0.120. The van der Waals surface area contributed by atoms with E-state index in [-0.39, 0.29) is 6.61 Å². The normalized spacial score (nSPS) is 13.5. The maximum absolute atomic E-state index is 8.63. The zero-order valence-electron chi connectivity index (χ0n) is 6.38. The molecule has 3 nitrogen and oxygen atoms in total. The number of aliphatic hydroxyl groups is 1. The Labute approximate surface area is 62.0 Å². The van der Waals surface area contributed by atoms with E-state index >= 15 is 0 Å². The third-order valence-electron chi connectivity index (χ3n) is 0.886. The first kappa shape index (κ1) is 9.88. The van der Waals surface area contributed by atoms with Crippen molar-refractivity contribution in [3.8, 4) is 0 Å². The Kier molecular flexibility index (Phi) is 6.91. The summed E-state index contributed by atoms with van der Waals surface area (Å²) in [6, 6.07) is 0. The Morgan fingerprint density at radius 2 is 2.00 bits per heavy atom. The minimum Gasteiger partial charge on any atom is -0.391 e. The first-order valence-electron chi connectivity index (χ1n) is 3.44. The SMILES string of the molecule is [CH2]C(O)COCCOCC. The average molecular weight is 147 g/mol. The van der Waals surface area contributed by atoms with Crippen LogP contribution in [0.25, 0.3) is 0 Å². The maximum Gasteiger partial charge on any atom is 0.0774 e. The lowest BCUT2D eigenvalue weighted by Gasteiger charge is -2.05. The quantitative estimate of drug-likeness (QED) is 0.547. The predicted octanol–water partition coefficient (Wildman–Crippen LogP) is 0.234. The highest BCUT2D eigenvalue weighted by molar-refractivity contribution is 4.52. The third-order valence-corrected chi connectivity index (χ3v) is 0.886. The fourth-order valence-electron chi connectivity index (χ4n) is 0.482. The van der Waals surface area contributed by atoms with Gasteiger partial charge in [-0.25, -0.2) is 0 Å². The largest absolute Gasteiger partial charge is 0.391 e. The van der Waals surface area contributed by atoms with Gasteiger partial charge in [-0.2, -0.15) is 0 Å². The zero-order chi connectivity index (χ0) is 7.82. The van der Waals surface area contributed by atoms with E-state index < -0.39 is 6.10 Å². The van der Waals surface area contributed by atoms with Crippen LogP contribution in [0.3, 0.4) is 0 Å². The van der Waals surface area contributed by atoms with Crippen molar-refractivity contribution in [2.45, 2.75) is 13.0 Å². The average Bonchev–Trinajstić information content (AvgIpc) is 1.87. The molecule has 0 aromatic rings. The number of ether oxygens (including phenoxy) is 2. The Morgan fingerprint density at radius 3 is 2.50 bits per heavy atom. The van der Waals surface area contributed by atoms with E-state index in [4.69, 9.17) is 14.6 Å². The summed E-state index contributed by atoms with van der Waals surface area (Å²) in [4.78, 5) is 0. The molecule has 1 radical (unpaired) electrons. The number of aliphatic hydroxyl groups excluding tert-OH is 1. The predicted molar refractivity (Wildman–Crippen MR) is 38.7 cm³/mol. The van der Waals surface area contributed by atoms with Crippen molar-refractivity contribution in [2.24, 2.45) is 0 Å². The van der Waals surface area contributed by atoms with Crippen molar-refractivity contribution in [3.05, 3.63) is 6.92 Å². The fraction of sp³-hybridized carbons (Fsp3) is 0.857. The third kappa shape index (κ3) is 7.88. The van der Waals surface area contributed by atoms with E-state index in [0.717, 1.165) is 0 Å². The van der Waals surface area contributed by atoms with E-state index in [2.05, 4.69) is 6.92 Å². The van der Waals surface area contributed by atoms with Crippen LogP contribution < -0.4 is 0 Å². The number of rotatable bonds is 6. The van der Waals surface area contributed by atoms with Crippen LogP contribution in [0.1, 0.15) is 6.92 Å². The molecule has 0 aromatic heterocycles. The van der Waals surface area contributed by atoms with Crippen molar-refractivity contribution in [1.82, 2.24) is 0 Å². The zero-order valence-corrected chi connectivity index (χ0v) is 6.38.